The summed E-state index contributed by atoms with van der Waals surface area (Å²) >= 11 is 3.40. The Hall–Kier alpha value is -1.40. The number of aryl methyl sites for hydroxylation is 1. The number of amides is 2. The van der Waals surface area contributed by atoms with Crippen molar-refractivity contribution in [3.8, 4) is 0 Å². The molecule has 1 rings (SSSR count). The fraction of sp³-hybridized carbons (Fsp3) is 0.467. The average Bonchev–Trinajstić information content (AvgIpc) is 2.43. The number of rotatable bonds is 6. The standard InChI is InChI=1S/C15H21BrN2O3/c1-10-9-11(5-6-12(10)16)18-14(20)15(2,3)13(19)17-7-8-21-4/h5-6,9H,7-8H2,1-4H3,(H,17,19)(H,18,20). The first-order valence-electron chi connectivity index (χ1n) is 6.64. The Kier molecular flexibility index (Phi) is 6.36. The van der Waals surface area contributed by atoms with E-state index in [1.165, 1.54) is 0 Å². The number of carbonyl (C=O) groups excluding carboxylic acids is 2. The summed E-state index contributed by atoms with van der Waals surface area (Å²) in [5.74, 6) is -0.676. The molecule has 1 aromatic carbocycles. The number of methoxy groups -OCH3 is 1. The first-order valence-corrected chi connectivity index (χ1v) is 7.43. The van der Waals surface area contributed by atoms with Gasteiger partial charge >= 0.3 is 0 Å². The zero-order chi connectivity index (χ0) is 16.0. The van der Waals surface area contributed by atoms with Crippen LogP contribution >= 0.6 is 15.9 Å². The van der Waals surface area contributed by atoms with Gasteiger partial charge in [0.15, 0.2) is 0 Å². The smallest absolute Gasteiger partial charge is 0.239 e. The van der Waals surface area contributed by atoms with Crippen molar-refractivity contribution in [3.05, 3.63) is 28.2 Å². The van der Waals surface area contributed by atoms with Gasteiger partial charge in [-0.05, 0) is 44.5 Å². The molecule has 0 aromatic heterocycles. The first-order chi connectivity index (χ1) is 9.78. The molecule has 0 fully saturated rings. The molecule has 2 amide bonds. The predicted octanol–water partition coefficient (Wildman–Crippen LogP) is 2.48. The molecule has 0 bridgehead atoms. The highest BCUT2D eigenvalue weighted by molar-refractivity contribution is 9.10. The van der Waals surface area contributed by atoms with Crippen LogP contribution in [-0.2, 0) is 14.3 Å². The lowest BCUT2D eigenvalue weighted by molar-refractivity contribution is -0.138. The lowest BCUT2D eigenvalue weighted by Gasteiger charge is -2.22. The molecule has 6 heteroatoms. The minimum Gasteiger partial charge on any atom is -0.383 e. The number of halogens is 1. The van der Waals surface area contributed by atoms with E-state index >= 15 is 0 Å². The Morgan fingerprint density at radius 2 is 1.95 bits per heavy atom. The van der Waals surface area contributed by atoms with Crippen molar-refractivity contribution in [2.75, 3.05) is 25.6 Å². The van der Waals surface area contributed by atoms with Gasteiger partial charge in [0.25, 0.3) is 0 Å². The van der Waals surface area contributed by atoms with Gasteiger partial charge < -0.3 is 15.4 Å². The van der Waals surface area contributed by atoms with Crippen LogP contribution < -0.4 is 10.6 Å². The summed E-state index contributed by atoms with van der Waals surface area (Å²) in [5.41, 5.74) is 0.517. The molecule has 2 N–H and O–H groups in total. The van der Waals surface area contributed by atoms with E-state index in [4.69, 9.17) is 4.74 Å². The van der Waals surface area contributed by atoms with Crippen molar-refractivity contribution in [2.45, 2.75) is 20.8 Å². The second kappa shape index (κ2) is 7.56. The third-order valence-electron chi connectivity index (χ3n) is 3.14. The van der Waals surface area contributed by atoms with Gasteiger partial charge in [-0.25, -0.2) is 0 Å². The summed E-state index contributed by atoms with van der Waals surface area (Å²) in [6.45, 7) is 5.91. The Balaban J connectivity index is 2.71. The van der Waals surface area contributed by atoms with Crippen molar-refractivity contribution in [2.24, 2.45) is 5.41 Å². The zero-order valence-electron chi connectivity index (χ0n) is 12.7. The summed E-state index contributed by atoms with van der Waals surface area (Å²) in [7, 11) is 1.56. The molecule has 0 saturated carbocycles. The van der Waals surface area contributed by atoms with E-state index in [2.05, 4.69) is 26.6 Å². The molecule has 21 heavy (non-hydrogen) atoms. The SMILES string of the molecule is COCCNC(=O)C(C)(C)C(=O)Nc1ccc(Br)c(C)c1. The van der Waals surface area contributed by atoms with E-state index in [0.29, 0.717) is 18.8 Å². The largest absolute Gasteiger partial charge is 0.383 e. The van der Waals surface area contributed by atoms with Crippen LogP contribution in [0.5, 0.6) is 0 Å². The van der Waals surface area contributed by atoms with E-state index in [1.54, 1.807) is 27.0 Å². The van der Waals surface area contributed by atoms with Crippen molar-refractivity contribution in [3.63, 3.8) is 0 Å². The third kappa shape index (κ3) is 4.82. The van der Waals surface area contributed by atoms with Crippen molar-refractivity contribution >= 4 is 33.4 Å². The van der Waals surface area contributed by atoms with Gasteiger partial charge in [0.1, 0.15) is 5.41 Å². The minimum absolute atomic E-state index is 0.328. The maximum atomic E-state index is 12.3. The topological polar surface area (TPSA) is 67.4 Å². The van der Waals surface area contributed by atoms with Gasteiger partial charge in [-0.1, -0.05) is 15.9 Å². The van der Waals surface area contributed by atoms with Crippen LogP contribution in [-0.4, -0.2) is 32.1 Å². The van der Waals surface area contributed by atoms with E-state index in [1.807, 2.05) is 19.1 Å². The molecule has 0 spiro atoms. The second-order valence-corrected chi connectivity index (χ2v) is 6.15. The summed E-state index contributed by atoms with van der Waals surface area (Å²) in [5, 5.41) is 5.45. The molecule has 0 saturated heterocycles. The van der Waals surface area contributed by atoms with Crippen molar-refractivity contribution in [1.29, 1.82) is 0 Å². The highest BCUT2D eigenvalue weighted by Gasteiger charge is 2.35. The van der Waals surface area contributed by atoms with Crippen molar-refractivity contribution in [1.82, 2.24) is 5.32 Å². The van der Waals surface area contributed by atoms with Crippen LogP contribution in [0.25, 0.3) is 0 Å². The molecule has 0 radical (unpaired) electrons. The lowest BCUT2D eigenvalue weighted by Crippen LogP contribution is -2.45. The van der Waals surface area contributed by atoms with E-state index in [-0.39, 0.29) is 11.8 Å². The molecule has 0 aliphatic rings. The zero-order valence-corrected chi connectivity index (χ0v) is 14.3. The van der Waals surface area contributed by atoms with Gasteiger partial charge in [0.05, 0.1) is 6.61 Å². The molecular weight excluding hydrogens is 336 g/mol. The number of ether oxygens (including phenoxy) is 1. The van der Waals surface area contributed by atoms with Gasteiger partial charge in [0, 0.05) is 23.8 Å². The summed E-state index contributed by atoms with van der Waals surface area (Å²) in [6.07, 6.45) is 0. The number of carbonyl (C=O) groups is 2. The quantitative estimate of drug-likeness (QED) is 0.607. The minimum atomic E-state index is -1.16. The normalized spacial score (nSPS) is 11.1. The number of hydrogen-bond acceptors (Lipinski definition) is 3. The molecule has 0 aliphatic heterocycles. The predicted molar refractivity (Wildman–Crippen MR) is 86.2 cm³/mol. The van der Waals surface area contributed by atoms with Crippen LogP contribution in [0.3, 0.4) is 0 Å². The van der Waals surface area contributed by atoms with E-state index in [9.17, 15) is 9.59 Å². The number of benzene rings is 1. The molecule has 0 aliphatic carbocycles. The molecule has 1 aromatic rings. The van der Waals surface area contributed by atoms with Crippen LogP contribution in [0.1, 0.15) is 19.4 Å². The molecule has 5 nitrogen and oxygen atoms in total. The Bertz CT molecular complexity index is 530. The van der Waals surface area contributed by atoms with E-state index in [0.717, 1.165) is 10.0 Å². The molecule has 0 atom stereocenters. The molecular formula is C15H21BrN2O3. The van der Waals surface area contributed by atoms with Gasteiger partial charge in [-0.2, -0.15) is 0 Å². The second-order valence-electron chi connectivity index (χ2n) is 5.29. The Labute approximate surface area is 133 Å². The van der Waals surface area contributed by atoms with Crippen LogP contribution in [0, 0.1) is 12.3 Å². The highest BCUT2D eigenvalue weighted by Crippen LogP contribution is 2.23. The molecule has 0 heterocycles. The highest BCUT2D eigenvalue weighted by atomic mass is 79.9. The summed E-state index contributed by atoms with van der Waals surface area (Å²) < 4.78 is 5.84. The van der Waals surface area contributed by atoms with Crippen LogP contribution in [0.15, 0.2) is 22.7 Å². The summed E-state index contributed by atoms with van der Waals surface area (Å²) in [6, 6.07) is 5.49. The maximum absolute atomic E-state index is 12.3. The summed E-state index contributed by atoms with van der Waals surface area (Å²) in [4.78, 5) is 24.3. The maximum Gasteiger partial charge on any atom is 0.239 e. The van der Waals surface area contributed by atoms with Gasteiger partial charge in [-0.15, -0.1) is 0 Å². The number of hydrogen-bond donors (Lipinski definition) is 2. The number of anilines is 1. The first kappa shape index (κ1) is 17.7. The number of nitrogens with one attached hydrogen (secondary N) is 2. The monoisotopic (exact) mass is 356 g/mol. The fourth-order valence-corrected chi connectivity index (χ4v) is 1.85. The molecule has 0 unspecified atom stereocenters. The third-order valence-corrected chi connectivity index (χ3v) is 4.03. The Morgan fingerprint density at radius 3 is 2.52 bits per heavy atom. The van der Waals surface area contributed by atoms with Crippen LogP contribution in [0.4, 0.5) is 5.69 Å². The van der Waals surface area contributed by atoms with Gasteiger partial charge in [-0.3, -0.25) is 9.59 Å². The molecule has 116 valence electrons. The van der Waals surface area contributed by atoms with Crippen molar-refractivity contribution < 1.29 is 14.3 Å². The lowest BCUT2D eigenvalue weighted by atomic mass is 9.91. The Morgan fingerprint density at radius 1 is 1.29 bits per heavy atom. The van der Waals surface area contributed by atoms with Crippen LogP contribution in [0.2, 0.25) is 0 Å². The fourth-order valence-electron chi connectivity index (χ4n) is 1.60. The average molecular weight is 357 g/mol. The van der Waals surface area contributed by atoms with Gasteiger partial charge in [0.2, 0.25) is 11.8 Å². The van der Waals surface area contributed by atoms with E-state index < -0.39 is 5.41 Å².